The number of nitrogens with zero attached hydrogens (tertiary/aromatic N) is 1. The Morgan fingerprint density at radius 2 is 0.736 bits per heavy atom. The van der Waals surface area contributed by atoms with Crippen molar-refractivity contribution in [2.24, 2.45) is 0 Å². The van der Waals surface area contributed by atoms with Crippen molar-refractivity contribution < 1.29 is 0 Å². The van der Waals surface area contributed by atoms with Crippen LogP contribution in [0.15, 0.2) is 212 Å². The molecule has 0 radical (unpaired) electrons. The number of rotatable bonds is 6. The first-order valence-corrected chi connectivity index (χ1v) is 18.3. The summed E-state index contributed by atoms with van der Waals surface area (Å²) in [6.45, 7) is 0. The number of fused-ring (bicyclic) bond motifs is 6. The predicted octanol–water partition coefficient (Wildman–Crippen LogP) is 14.8. The molecule has 0 heterocycles. The highest BCUT2D eigenvalue weighted by Crippen LogP contribution is 2.44. The molecule has 248 valence electrons. The highest BCUT2D eigenvalue weighted by molar-refractivity contribution is 6.16. The van der Waals surface area contributed by atoms with Crippen LogP contribution in [0.4, 0.5) is 17.1 Å². The lowest BCUT2D eigenvalue weighted by Gasteiger charge is -2.28. The fraction of sp³-hybridized carbons (Fsp3) is 0. The lowest BCUT2D eigenvalue weighted by molar-refractivity contribution is 1.30. The second-order valence-corrected chi connectivity index (χ2v) is 13.7. The summed E-state index contributed by atoms with van der Waals surface area (Å²) in [4.78, 5) is 2.44. The fourth-order valence-corrected chi connectivity index (χ4v) is 8.06. The maximum Gasteiger partial charge on any atom is 0.0546 e. The molecule has 0 amide bonds. The summed E-state index contributed by atoms with van der Waals surface area (Å²) in [6.07, 6.45) is 0. The molecule has 0 unspecified atom stereocenters. The van der Waals surface area contributed by atoms with E-state index in [1.165, 1.54) is 76.5 Å². The third-order valence-electron chi connectivity index (χ3n) is 10.6. The van der Waals surface area contributed by atoms with E-state index in [2.05, 4.69) is 217 Å². The molecule has 10 aromatic rings. The van der Waals surface area contributed by atoms with E-state index < -0.39 is 0 Å². The molecular weight excluding hydrogens is 639 g/mol. The zero-order chi connectivity index (χ0) is 35.1. The molecule has 0 aliphatic rings. The quantitative estimate of drug-likeness (QED) is 0.159. The van der Waals surface area contributed by atoms with Crippen LogP contribution in [0.5, 0.6) is 0 Å². The summed E-state index contributed by atoms with van der Waals surface area (Å²) in [7, 11) is 0. The van der Waals surface area contributed by atoms with Crippen molar-refractivity contribution in [2.45, 2.75) is 0 Å². The van der Waals surface area contributed by atoms with E-state index in [4.69, 9.17) is 0 Å². The lowest BCUT2D eigenvalue weighted by atomic mass is 9.93. The molecule has 0 aliphatic carbocycles. The molecular formula is C52H35N. The second-order valence-electron chi connectivity index (χ2n) is 13.7. The molecule has 0 aromatic heterocycles. The van der Waals surface area contributed by atoms with Gasteiger partial charge >= 0.3 is 0 Å². The highest BCUT2D eigenvalue weighted by Gasteiger charge is 2.19. The molecule has 0 spiro atoms. The van der Waals surface area contributed by atoms with Crippen molar-refractivity contribution in [1.29, 1.82) is 0 Å². The third kappa shape index (κ3) is 5.51. The molecule has 0 saturated heterocycles. The molecule has 10 rings (SSSR count). The van der Waals surface area contributed by atoms with Crippen molar-refractivity contribution in [3.8, 4) is 33.4 Å². The number of hydrogen-bond acceptors (Lipinski definition) is 1. The van der Waals surface area contributed by atoms with Crippen LogP contribution in [0.3, 0.4) is 0 Å². The van der Waals surface area contributed by atoms with Crippen LogP contribution in [0.1, 0.15) is 0 Å². The monoisotopic (exact) mass is 673 g/mol. The molecule has 0 atom stereocenters. The van der Waals surface area contributed by atoms with Gasteiger partial charge in [0.05, 0.1) is 5.69 Å². The Bertz CT molecular complexity index is 2940. The Hall–Kier alpha value is -6.96. The van der Waals surface area contributed by atoms with E-state index in [0.29, 0.717) is 0 Å². The fourth-order valence-electron chi connectivity index (χ4n) is 8.06. The maximum atomic E-state index is 2.44. The summed E-state index contributed by atoms with van der Waals surface area (Å²) in [5.74, 6) is 0. The van der Waals surface area contributed by atoms with Gasteiger partial charge in [-0.15, -0.1) is 0 Å². The summed E-state index contributed by atoms with van der Waals surface area (Å²) >= 11 is 0. The number of anilines is 3. The van der Waals surface area contributed by atoms with Gasteiger partial charge in [0.2, 0.25) is 0 Å². The summed E-state index contributed by atoms with van der Waals surface area (Å²) < 4.78 is 0. The van der Waals surface area contributed by atoms with Gasteiger partial charge in [0.25, 0.3) is 0 Å². The zero-order valence-electron chi connectivity index (χ0n) is 29.2. The minimum atomic E-state index is 1.11. The van der Waals surface area contributed by atoms with Crippen LogP contribution in [0.25, 0.3) is 76.5 Å². The summed E-state index contributed by atoms with van der Waals surface area (Å²) in [5, 5.41) is 10.00. The molecule has 53 heavy (non-hydrogen) atoms. The molecule has 0 bridgehead atoms. The van der Waals surface area contributed by atoms with Gasteiger partial charge in [-0.2, -0.15) is 0 Å². The summed E-state index contributed by atoms with van der Waals surface area (Å²) in [6, 6.07) is 77.3. The van der Waals surface area contributed by atoms with E-state index >= 15 is 0 Å². The van der Waals surface area contributed by atoms with Gasteiger partial charge in [-0.1, -0.05) is 170 Å². The Kier molecular flexibility index (Phi) is 7.55. The van der Waals surface area contributed by atoms with Gasteiger partial charge < -0.3 is 4.90 Å². The molecule has 1 heteroatoms. The minimum Gasteiger partial charge on any atom is -0.310 e. The maximum absolute atomic E-state index is 2.44. The first kappa shape index (κ1) is 30.8. The van der Waals surface area contributed by atoms with Crippen LogP contribution in [0.2, 0.25) is 0 Å². The SMILES string of the molecule is c1ccc(-c2cccc(-c3ccc(N(c4cccc(-c5cc6ccccc6c6ccccc56)c4)c4cc5ccccc5c5ccccc45)cc3)c2)cc1. The van der Waals surface area contributed by atoms with Crippen LogP contribution < -0.4 is 4.90 Å². The molecule has 10 aromatic carbocycles. The van der Waals surface area contributed by atoms with E-state index in [1.54, 1.807) is 0 Å². The smallest absolute Gasteiger partial charge is 0.0546 e. The average molecular weight is 674 g/mol. The highest BCUT2D eigenvalue weighted by atomic mass is 15.1. The van der Waals surface area contributed by atoms with Crippen LogP contribution in [0, 0.1) is 0 Å². The molecule has 0 N–H and O–H groups in total. The average Bonchev–Trinajstić information content (AvgIpc) is 3.24. The van der Waals surface area contributed by atoms with Gasteiger partial charge in [0.1, 0.15) is 0 Å². The van der Waals surface area contributed by atoms with Crippen molar-refractivity contribution in [3.05, 3.63) is 212 Å². The van der Waals surface area contributed by atoms with Gasteiger partial charge in [0.15, 0.2) is 0 Å². The van der Waals surface area contributed by atoms with Gasteiger partial charge in [-0.05, 0) is 114 Å². The van der Waals surface area contributed by atoms with Crippen molar-refractivity contribution >= 4 is 60.2 Å². The standard InChI is InChI=1S/C52H35N/c1-2-14-36(15-3-1)38-18-12-19-39(32-38)37-28-30-43(31-29-37)53(52-35-42-17-5-7-23-46(42)48-25-10-11-27-50(48)52)44-21-13-20-40(33-44)51-34-41-16-4-6-22-45(41)47-24-8-9-26-49(47)51/h1-35H. The largest absolute Gasteiger partial charge is 0.310 e. The Morgan fingerprint density at radius 3 is 1.43 bits per heavy atom. The van der Waals surface area contributed by atoms with Crippen molar-refractivity contribution in [2.75, 3.05) is 4.90 Å². The minimum absolute atomic E-state index is 1.11. The van der Waals surface area contributed by atoms with Gasteiger partial charge in [-0.3, -0.25) is 0 Å². The van der Waals surface area contributed by atoms with Crippen LogP contribution in [-0.4, -0.2) is 0 Å². The molecule has 1 nitrogen and oxygen atoms in total. The van der Waals surface area contributed by atoms with Crippen molar-refractivity contribution in [1.82, 2.24) is 0 Å². The summed E-state index contributed by atoms with van der Waals surface area (Å²) in [5.41, 5.74) is 10.6. The normalized spacial score (nSPS) is 11.4. The van der Waals surface area contributed by atoms with Crippen LogP contribution in [-0.2, 0) is 0 Å². The lowest BCUT2D eigenvalue weighted by Crippen LogP contribution is -2.11. The Balaban J connectivity index is 1.16. The second kappa shape index (κ2) is 13.0. The third-order valence-corrected chi connectivity index (χ3v) is 10.6. The topological polar surface area (TPSA) is 3.24 Å². The Morgan fingerprint density at radius 1 is 0.245 bits per heavy atom. The van der Waals surface area contributed by atoms with E-state index in [9.17, 15) is 0 Å². The van der Waals surface area contributed by atoms with E-state index in [0.717, 1.165) is 17.1 Å². The van der Waals surface area contributed by atoms with Gasteiger partial charge in [0, 0.05) is 16.8 Å². The van der Waals surface area contributed by atoms with Gasteiger partial charge in [-0.25, -0.2) is 0 Å². The zero-order valence-corrected chi connectivity index (χ0v) is 29.2. The first-order valence-electron chi connectivity index (χ1n) is 18.3. The van der Waals surface area contributed by atoms with E-state index in [-0.39, 0.29) is 0 Å². The molecule has 0 fully saturated rings. The molecule has 0 saturated carbocycles. The number of hydrogen-bond donors (Lipinski definition) is 0. The first-order chi connectivity index (χ1) is 26.3. The Labute approximate surface area is 309 Å². The van der Waals surface area contributed by atoms with Crippen molar-refractivity contribution in [3.63, 3.8) is 0 Å². The van der Waals surface area contributed by atoms with Crippen LogP contribution >= 0.6 is 0 Å². The molecule has 0 aliphatic heterocycles. The predicted molar refractivity (Wildman–Crippen MR) is 227 cm³/mol. The van der Waals surface area contributed by atoms with E-state index in [1.807, 2.05) is 0 Å². The number of benzene rings is 10.